The van der Waals surface area contributed by atoms with Crippen LogP contribution in [0.4, 0.5) is 11.4 Å². The van der Waals surface area contributed by atoms with Crippen LogP contribution in [0.2, 0.25) is 0 Å². The average Bonchev–Trinajstić information content (AvgIpc) is 2.52. The lowest BCUT2D eigenvalue weighted by Crippen LogP contribution is -2.07. The maximum absolute atomic E-state index is 11.7. The summed E-state index contributed by atoms with van der Waals surface area (Å²) in [7, 11) is -3.68. The number of nitro groups is 1. The molecule has 0 bridgehead atoms. The van der Waals surface area contributed by atoms with Crippen LogP contribution in [0.3, 0.4) is 0 Å². The van der Waals surface area contributed by atoms with Crippen molar-refractivity contribution in [1.29, 1.82) is 0 Å². The molecule has 0 unspecified atom stereocenters. The minimum atomic E-state index is -3.68. The molecule has 0 aliphatic heterocycles. The minimum Gasteiger partial charge on any atom is -0.375 e. The number of para-hydroxylation sites is 1. The predicted molar refractivity (Wildman–Crippen MR) is 91.8 cm³/mol. The van der Waals surface area contributed by atoms with Crippen molar-refractivity contribution in [2.75, 3.05) is 17.8 Å². The summed E-state index contributed by atoms with van der Waals surface area (Å²) in [5.74, 6) is 0. The predicted octanol–water partition coefficient (Wildman–Crippen LogP) is 3.33. The van der Waals surface area contributed by atoms with Gasteiger partial charge in [-0.1, -0.05) is 18.2 Å². The van der Waals surface area contributed by atoms with Crippen molar-refractivity contribution in [3.05, 3.63) is 58.1 Å². The van der Waals surface area contributed by atoms with Crippen LogP contribution in [0.5, 0.6) is 0 Å². The van der Waals surface area contributed by atoms with Gasteiger partial charge in [-0.2, -0.15) is 0 Å². The van der Waals surface area contributed by atoms with Gasteiger partial charge in [-0.15, -0.1) is 11.8 Å². The normalized spacial score (nSPS) is 11.2. The molecule has 8 heteroatoms. The van der Waals surface area contributed by atoms with Gasteiger partial charge < -0.3 is 5.32 Å². The number of nitrogens with one attached hydrogen (secondary N) is 1. The highest BCUT2D eigenvalue weighted by molar-refractivity contribution is 7.98. The van der Waals surface area contributed by atoms with Gasteiger partial charge >= 0.3 is 5.69 Å². The molecule has 6 nitrogen and oxygen atoms in total. The number of hydrogen-bond donors (Lipinski definition) is 1. The molecule has 0 atom stereocenters. The molecule has 2 aromatic rings. The van der Waals surface area contributed by atoms with E-state index in [1.807, 2.05) is 30.5 Å². The van der Waals surface area contributed by atoms with Gasteiger partial charge in [0.1, 0.15) is 10.6 Å². The average molecular weight is 352 g/mol. The molecule has 0 aromatic heterocycles. The molecule has 0 spiro atoms. The smallest absolute Gasteiger partial charge is 0.310 e. The lowest BCUT2D eigenvalue weighted by Gasteiger charge is -2.10. The summed E-state index contributed by atoms with van der Waals surface area (Å²) >= 11 is 1.63. The molecule has 0 aliphatic rings. The Morgan fingerprint density at radius 2 is 1.83 bits per heavy atom. The third-order valence-corrected chi connectivity index (χ3v) is 5.10. The van der Waals surface area contributed by atoms with E-state index in [1.54, 1.807) is 11.8 Å². The molecule has 0 fully saturated rings. The summed E-state index contributed by atoms with van der Waals surface area (Å²) in [6, 6.07) is 12.0. The molecule has 0 heterocycles. The highest BCUT2D eigenvalue weighted by Gasteiger charge is 2.25. The Morgan fingerprint density at radius 1 is 1.17 bits per heavy atom. The molecule has 0 saturated carbocycles. The van der Waals surface area contributed by atoms with Crippen molar-refractivity contribution in [3.63, 3.8) is 0 Å². The maximum atomic E-state index is 11.7. The number of benzene rings is 2. The number of anilines is 1. The SMILES string of the molecule is CSc1ccc(CNc2cccc(S(C)(=O)=O)c2[N+](=O)[O-])cc1. The number of nitrogens with zero attached hydrogens (tertiary/aromatic N) is 1. The maximum Gasteiger partial charge on any atom is 0.310 e. The Hall–Kier alpha value is -2.06. The second kappa shape index (κ2) is 7.01. The minimum absolute atomic E-state index is 0.187. The van der Waals surface area contributed by atoms with Crippen LogP contribution >= 0.6 is 11.8 Å². The van der Waals surface area contributed by atoms with E-state index in [9.17, 15) is 18.5 Å². The van der Waals surface area contributed by atoms with Crippen LogP contribution in [-0.4, -0.2) is 25.9 Å². The molecule has 0 saturated heterocycles. The van der Waals surface area contributed by atoms with Crippen LogP contribution in [-0.2, 0) is 16.4 Å². The number of sulfone groups is 1. The van der Waals surface area contributed by atoms with Gasteiger partial charge in [-0.3, -0.25) is 10.1 Å². The van der Waals surface area contributed by atoms with Crippen molar-refractivity contribution in [3.8, 4) is 0 Å². The summed E-state index contributed by atoms with van der Waals surface area (Å²) in [6.45, 7) is 0.364. The van der Waals surface area contributed by atoms with Crippen molar-refractivity contribution in [1.82, 2.24) is 0 Å². The van der Waals surface area contributed by atoms with E-state index in [2.05, 4.69) is 5.32 Å². The number of hydrogen-bond acceptors (Lipinski definition) is 6. The third-order valence-electron chi connectivity index (χ3n) is 3.22. The van der Waals surface area contributed by atoms with E-state index >= 15 is 0 Å². The van der Waals surface area contributed by atoms with Crippen molar-refractivity contribution >= 4 is 33.0 Å². The first-order valence-corrected chi connectivity index (χ1v) is 9.79. The van der Waals surface area contributed by atoms with Crippen molar-refractivity contribution < 1.29 is 13.3 Å². The van der Waals surface area contributed by atoms with Crippen molar-refractivity contribution in [2.24, 2.45) is 0 Å². The first-order valence-electron chi connectivity index (χ1n) is 6.67. The Morgan fingerprint density at radius 3 is 2.35 bits per heavy atom. The van der Waals surface area contributed by atoms with Gasteiger partial charge in [0.25, 0.3) is 0 Å². The standard InChI is InChI=1S/C15H16N2O4S2/c1-22-12-8-6-11(7-9-12)10-16-13-4-3-5-14(23(2,20)21)15(13)17(18)19/h3-9,16H,10H2,1-2H3. The first kappa shape index (κ1) is 17.3. The van der Waals surface area contributed by atoms with Crippen LogP contribution in [0.25, 0.3) is 0 Å². The summed E-state index contributed by atoms with van der Waals surface area (Å²) in [5, 5.41) is 14.2. The van der Waals surface area contributed by atoms with E-state index in [0.29, 0.717) is 6.54 Å². The molecule has 23 heavy (non-hydrogen) atoms. The van der Waals surface area contributed by atoms with Crippen LogP contribution < -0.4 is 5.32 Å². The Bertz CT molecular complexity index is 818. The van der Waals surface area contributed by atoms with E-state index in [-0.39, 0.29) is 10.6 Å². The molecule has 0 aliphatic carbocycles. The van der Waals surface area contributed by atoms with E-state index in [4.69, 9.17) is 0 Å². The third kappa shape index (κ3) is 4.23. The summed E-state index contributed by atoms with van der Waals surface area (Å²) < 4.78 is 23.4. The first-order chi connectivity index (χ1) is 10.8. The summed E-state index contributed by atoms with van der Waals surface area (Å²) in [4.78, 5) is 11.4. The topological polar surface area (TPSA) is 89.3 Å². The Balaban J connectivity index is 2.30. The molecule has 0 radical (unpaired) electrons. The molecular weight excluding hydrogens is 336 g/mol. The Labute approximate surface area is 139 Å². The second-order valence-electron chi connectivity index (χ2n) is 4.88. The molecule has 0 amide bonds. The number of nitro benzene ring substituents is 1. The largest absolute Gasteiger partial charge is 0.375 e. The van der Waals surface area contributed by atoms with Gasteiger partial charge in [0.05, 0.1) is 4.92 Å². The van der Waals surface area contributed by atoms with Crippen LogP contribution in [0.1, 0.15) is 5.56 Å². The van der Waals surface area contributed by atoms with Gasteiger partial charge in [0.2, 0.25) is 0 Å². The lowest BCUT2D eigenvalue weighted by molar-refractivity contribution is -0.386. The quantitative estimate of drug-likeness (QED) is 0.487. The van der Waals surface area contributed by atoms with E-state index < -0.39 is 20.4 Å². The second-order valence-corrected chi connectivity index (χ2v) is 7.75. The fraction of sp³-hybridized carbons (Fsp3) is 0.200. The zero-order valence-electron chi connectivity index (χ0n) is 12.6. The van der Waals surface area contributed by atoms with Crippen LogP contribution in [0.15, 0.2) is 52.3 Å². The van der Waals surface area contributed by atoms with Crippen LogP contribution in [0, 0.1) is 10.1 Å². The summed E-state index contributed by atoms with van der Waals surface area (Å²) in [6.07, 6.45) is 2.94. The highest BCUT2D eigenvalue weighted by atomic mass is 32.2. The van der Waals surface area contributed by atoms with Gasteiger partial charge in [0.15, 0.2) is 9.84 Å². The lowest BCUT2D eigenvalue weighted by atomic mass is 10.2. The van der Waals surface area contributed by atoms with E-state index in [0.717, 1.165) is 16.7 Å². The van der Waals surface area contributed by atoms with Gasteiger partial charge in [-0.05, 0) is 36.1 Å². The zero-order valence-corrected chi connectivity index (χ0v) is 14.3. The number of thioether (sulfide) groups is 1. The van der Waals surface area contributed by atoms with Gasteiger partial charge in [-0.25, -0.2) is 8.42 Å². The fourth-order valence-electron chi connectivity index (χ4n) is 2.09. The monoisotopic (exact) mass is 352 g/mol. The van der Waals surface area contributed by atoms with E-state index in [1.165, 1.54) is 18.2 Å². The van der Waals surface area contributed by atoms with Crippen molar-refractivity contribution in [2.45, 2.75) is 16.3 Å². The molecule has 2 aromatic carbocycles. The molecule has 1 N–H and O–H groups in total. The fourth-order valence-corrected chi connectivity index (χ4v) is 3.36. The molecule has 2 rings (SSSR count). The molecular formula is C15H16N2O4S2. The highest BCUT2D eigenvalue weighted by Crippen LogP contribution is 2.32. The molecule has 122 valence electrons. The number of rotatable bonds is 6. The Kier molecular flexibility index (Phi) is 5.27. The zero-order chi connectivity index (χ0) is 17.0. The van der Waals surface area contributed by atoms with Gasteiger partial charge in [0, 0.05) is 17.7 Å². The summed E-state index contributed by atoms with van der Waals surface area (Å²) in [5.41, 5.74) is 0.712.